The van der Waals surface area contributed by atoms with Crippen LogP contribution in [-0.2, 0) is 15.9 Å². The Labute approximate surface area is 245 Å². The van der Waals surface area contributed by atoms with E-state index in [4.69, 9.17) is 18.9 Å². The van der Waals surface area contributed by atoms with Crippen LogP contribution in [0, 0.1) is 0 Å². The molecule has 0 saturated heterocycles. The van der Waals surface area contributed by atoms with E-state index in [2.05, 4.69) is 20.8 Å². The zero-order valence-electron chi connectivity index (χ0n) is 25.3. The van der Waals surface area contributed by atoms with E-state index in [-0.39, 0.29) is 0 Å². The van der Waals surface area contributed by atoms with Crippen molar-refractivity contribution in [2.75, 3.05) is 13.2 Å². The molecule has 0 amide bonds. The molecule has 0 atom stereocenters. The van der Waals surface area contributed by atoms with Crippen LogP contribution in [0.15, 0.2) is 42.5 Å². The van der Waals surface area contributed by atoms with Gasteiger partial charge in [0.15, 0.2) is 0 Å². The number of rotatable bonds is 18. The van der Waals surface area contributed by atoms with E-state index in [0.29, 0.717) is 46.3 Å². The minimum Gasteiger partial charge on any atom is -0.434 e. The summed E-state index contributed by atoms with van der Waals surface area (Å²) in [6.07, 6.45) is 13.7. The Bertz CT molecular complexity index is 1230. The molecule has 0 N–H and O–H groups in total. The minimum atomic E-state index is -0.727. The molecule has 0 aliphatic carbocycles. The van der Waals surface area contributed by atoms with Crippen LogP contribution in [0.2, 0.25) is 0 Å². The second-order valence-electron chi connectivity index (χ2n) is 10.8. The molecule has 41 heavy (non-hydrogen) atoms. The highest BCUT2D eigenvalue weighted by atomic mass is 16.7. The van der Waals surface area contributed by atoms with Gasteiger partial charge in [-0.2, -0.15) is 0 Å². The van der Waals surface area contributed by atoms with E-state index >= 15 is 0 Å². The normalized spacial score (nSPS) is 11.1. The lowest BCUT2D eigenvalue weighted by molar-refractivity contribution is 0.0965. The van der Waals surface area contributed by atoms with Crippen molar-refractivity contribution >= 4 is 33.9 Å². The average Bonchev–Trinajstić information content (AvgIpc) is 2.98. The van der Waals surface area contributed by atoms with Crippen molar-refractivity contribution < 1.29 is 28.5 Å². The van der Waals surface area contributed by atoms with E-state index in [1.165, 1.54) is 38.5 Å². The Balaban J connectivity index is 1.79. The molecule has 0 aromatic heterocycles. The summed E-state index contributed by atoms with van der Waals surface area (Å²) in [6, 6.07) is 13.4. The Kier molecular flexibility index (Phi) is 14.3. The summed E-state index contributed by atoms with van der Waals surface area (Å²) in [6.45, 7) is 7.16. The van der Waals surface area contributed by atoms with Crippen LogP contribution in [0.25, 0.3) is 21.5 Å². The number of carbonyl (C=O) groups excluding carboxylic acids is 2. The fourth-order valence-corrected chi connectivity index (χ4v) is 5.11. The van der Waals surface area contributed by atoms with E-state index < -0.39 is 12.3 Å². The number of unbranched alkanes of at least 4 members (excludes halogenated alkanes) is 10. The summed E-state index contributed by atoms with van der Waals surface area (Å²) in [5.41, 5.74) is 1.11. The van der Waals surface area contributed by atoms with Crippen molar-refractivity contribution in [3.63, 3.8) is 0 Å². The maximum absolute atomic E-state index is 12.8. The third kappa shape index (κ3) is 10.2. The van der Waals surface area contributed by atoms with Gasteiger partial charge in [-0.15, -0.1) is 0 Å². The van der Waals surface area contributed by atoms with Crippen LogP contribution in [-0.4, -0.2) is 25.5 Å². The van der Waals surface area contributed by atoms with Gasteiger partial charge in [0.05, 0.1) is 13.2 Å². The fourth-order valence-electron chi connectivity index (χ4n) is 5.11. The number of ether oxygens (including phenoxy) is 4. The van der Waals surface area contributed by atoms with Gasteiger partial charge in [0.1, 0.15) is 11.5 Å². The monoisotopic (exact) mass is 564 g/mol. The van der Waals surface area contributed by atoms with Gasteiger partial charge in [0, 0.05) is 21.5 Å². The largest absolute Gasteiger partial charge is 0.513 e. The van der Waals surface area contributed by atoms with Gasteiger partial charge in [-0.1, -0.05) is 128 Å². The van der Waals surface area contributed by atoms with Crippen molar-refractivity contribution in [2.45, 2.75) is 111 Å². The number of fused-ring (bicyclic) bond motifs is 2. The molecule has 0 aliphatic heterocycles. The molecule has 0 radical (unpaired) electrons. The topological polar surface area (TPSA) is 71.1 Å². The maximum Gasteiger partial charge on any atom is 0.513 e. The number of aryl methyl sites for hydroxylation is 1. The van der Waals surface area contributed by atoms with Crippen molar-refractivity contribution in [2.24, 2.45) is 0 Å². The van der Waals surface area contributed by atoms with Crippen LogP contribution in [0.1, 0.15) is 110 Å². The highest BCUT2D eigenvalue weighted by molar-refractivity contribution is 6.12. The molecular formula is C35H48O6. The van der Waals surface area contributed by atoms with Crippen LogP contribution in [0.3, 0.4) is 0 Å². The van der Waals surface area contributed by atoms with Crippen LogP contribution in [0.4, 0.5) is 9.59 Å². The average molecular weight is 565 g/mol. The first-order valence-electron chi connectivity index (χ1n) is 15.8. The Morgan fingerprint density at radius 2 is 1.00 bits per heavy atom. The van der Waals surface area contributed by atoms with Crippen molar-refractivity contribution in [3.8, 4) is 11.5 Å². The van der Waals surface area contributed by atoms with E-state index in [1.807, 2.05) is 42.5 Å². The molecule has 0 fully saturated rings. The standard InChI is InChI=1S/C35H48O6/c1-4-7-9-11-13-17-24-38-34(36)40-32-28-20-15-16-21-29(28)33(31-26-27(19-6-3)22-23-30(31)32)41-35(37)39-25-18-14-12-10-8-5-2/h15-16,20-23,26H,4-14,17-19,24-25H2,1-3H3. The van der Waals surface area contributed by atoms with Gasteiger partial charge < -0.3 is 18.9 Å². The Morgan fingerprint density at radius 3 is 1.51 bits per heavy atom. The first-order valence-corrected chi connectivity index (χ1v) is 15.8. The van der Waals surface area contributed by atoms with Gasteiger partial charge >= 0.3 is 12.3 Å². The molecule has 0 aliphatic rings. The predicted octanol–water partition coefficient (Wildman–Crippen LogP) is 10.7. The molecule has 3 rings (SSSR count). The molecule has 6 heteroatoms. The van der Waals surface area contributed by atoms with E-state index in [9.17, 15) is 9.59 Å². The van der Waals surface area contributed by atoms with Gasteiger partial charge in [0.25, 0.3) is 0 Å². The lowest BCUT2D eigenvalue weighted by Crippen LogP contribution is -2.14. The number of carbonyl (C=O) groups is 2. The first-order chi connectivity index (χ1) is 20.1. The molecule has 0 heterocycles. The van der Waals surface area contributed by atoms with Gasteiger partial charge in [0.2, 0.25) is 0 Å². The van der Waals surface area contributed by atoms with Crippen molar-refractivity contribution in [1.29, 1.82) is 0 Å². The SMILES string of the molecule is CCCCCCCCOC(=O)Oc1c2ccccc2c(OC(=O)OCCCCCCCC)c2cc(CCC)ccc12. The zero-order chi connectivity index (χ0) is 29.3. The lowest BCUT2D eigenvalue weighted by atomic mass is 9.97. The van der Waals surface area contributed by atoms with Crippen LogP contribution >= 0.6 is 0 Å². The number of hydrogen-bond acceptors (Lipinski definition) is 6. The summed E-state index contributed by atoms with van der Waals surface area (Å²) in [7, 11) is 0. The summed E-state index contributed by atoms with van der Waals surface area (Å²) in [5, 5.41) is 2.71. The molecule has 224 valence electrons. The fraction of sp³-hybridized carbons (Fsp3) is 0.543. The third-order valence-corrected chi connectivity index (χ3v) is 7.33. The second kappa shape index (κ2) is 18.2. The molecule has 3 aromatic carbocycles. The molecular weight excluding hydrogens is 516 g/mol. The molecule has 3 aromatic rings. The quantitative estimate of drug-likeness (QED) is 0.0662. The van der Waals surface area contributed by atoms with Crippen LogP contribution < -0.4 is 9.47 Å². The van der Waals surface area contributed by atoms with Crippen molar-refractivity contribution in [3.05, 3.63) is 48.0 Å². The first kappa shape index (κ1) is 32.2. The molecule has 0 spiro atoms. The second-order valence-corrected chi connectivity index (χ2v) is 10.8. The Hall–Kier alpha value is -3.28. The molecule has 0 saturated carbocycles. The number of benzene rings is 3. The molecule has 0 bridgehead atoms. The maximum atomic E-state index is 12.8. The summed E-state index contributed by atoms with van der Waals surface area (Å²) < 4.78 is 22.6. The van der Waals surface area contributed by atoms with Gasteiger partial charge in [-0.3, -0.25) is 0 Å². The number of hydrogen-bond donors (Lipinski definition) is 0. The van der Waals surface area contributed by atoms with Gasteiger partial charge in [-0.05, 0) is 30.9 Å². The van der Waals surface area contributed by atoms with Crippen LogP contribution in [0.5, 0.6) is 11.5 Å². The lowest BCUT2D eigenvalue weighted by Gasteiger charge is -2.17. The summed E-state index contributed by atoms with van der Waals surface area (Å²) in [4.78, 5) is 25.5. The van der Waals surface area contributed by atoms with Crippen molar-refractivity contribution in [1.82, 2.24) is 0 Å². The highest BCUT2D eigenvalue weighted by Crippen LogP contribution is 2.43. The highest BCUT2D eigenvalue weighted by Gasteiger charge is 2.21. The summed E-state index contributed by atoms with van der Waals surface area (Å²) in [5.74, 6) is 0.814. The van der Waals surface area contributed by atoms with Gasteiger partial charge in [-0.25, -0.2) is 9.59 Å². The zero-order valence-corrected chi connectivity index (χ0v) is 25.3. The minimum absolute atomic E-state index is 0.326. The summed E-state index contributed by atoms with van der Waals surface area (Å²) >= 11 is 0. The van der Waals surface area contributed by atoms with E-state index in [0.717, 1.165) is 56.9 Å². The molecule has 6 nitrogen and oxygen atoms in total. The third-order valence-electron chi connectivity index (χ3n) is 7.33. The molecule has 0 unspecified atom stereocenters. The predicted molar refractivity (Wildman–Crippen MR) is 166 cm³/mol. The Morgan fingerprint density at radius 1 is 0.537 bits per heavy atom. The van der Waals surface area contributed by atoms with E-state index in [1.54, 1.807) is 0 Å². The smallest absolute Gasteiger partial charge is 0.434 e.